The Bertz CT molecular complexity index is 3290. The Hall–Kier alpha value is -7.68. The third-order valence-electron chi connectivity index (χ3n) is 13.4. The summed E-state index contributed by atoms with van der Waals surface area (Å²) in [6, 6.07) is 34.4. The minimum atomic E-state index is -0.229. The van der Waals surface area contributed by atoms with E-state index in [2.05, 4.69) is 39.6 Å². The Labute approximate surface area is 406 Å². The lowest BCUT2D eigenvalue weighted by Crippen LogP contribution is -2.35. The molecule has 14 heteroatoms. The summed E-state index contributed by atoms with van der Waals surface area (Å²) in [6.45, 7) is 1.05. The lowest BCUT2D eigenvalue weighted by molar-refractivity contribution is 0.0948. The van der Waals surface area contributed by atoms with Crippen LogP contribution >= 0.6 is 0 Å². The SMILES string of the molecule is CNC(=O)c1cccc2cc(Oc3ccnc4cc(OCC5(N(C)C)CC5)c(OC)cc34)ccc12.COc1cc2c(Oc3ccc4c(C(=O)NC5CC5)cccc4c3)ccnc2cc1OCC1(N)CC1. The molecule has 0 spiro atoms. The highest BCUT2D eigenvalue weighted by Gasteiger charge is 2.46. The van der Waals surface area contributed by atoms with E-state index >= 15 is 0 Å². The summed E-state index contributed by atoms with van der Waals surface area (Å²) in [7, 11) is 9.05. The Morgan fingerprint density at radius 3 is 1.59 bits per heavy atom. The van der Waals surface area contributed by atoms with Crippen molar-refractivity contribution < 1.29 is 38.0 Å². The van der Waals surface area contributed by atoms with Crippen LogP contribution in [0.1, 0.15) is 59.2 Å². The van der Waals surface area contributed by atoms with Gasteiger partial charge in [-0.2, -0.15) is 0 Å². The van der Waals surface area contributed by atoms with E-state index in [9.17, 15) is 9.59 Å². The van der Waals surface area contributed by atoms with Crippen LogP contribution in [-0.2, 0) is 0 Å². The Balaban J connectivity index is 0.000000162. The lowest BCUT2D eigenvalue weighted by Gasteiger charge is -2.24. The number of hydrogen-bond donors (Lipinski definition) is 3. The number of aromatic nitrogens is 2. The van der Waals surface area contributed by atoms with Gasteiger partial charge in [0.25, 0.3) is 11.8 Å². The minimum absolute atomic E-state index is 0.0285. The van der Waals surface area contributed by atoms with Crippen LogP contribution in [-0.4, -0.2) is 92.4 Å². The zero-order valence-corrected chi connectivity index (χ0v) is 40.0. The van der Waals surface area contributed by atoms with Crippen molar-refractivity contribution in [2.75, 3.05) is 48.6 Å². The van der Waals surface area contributed by atoms with Crippen LogP contribution in [0.5, 0.6) is 46.0 Å². The molecular formula is C56H56N6O8. The monoisotopic (exact) mass is 940 g/mol. The van der Waals surface area contributed by atoms with Gasteiger partial charge in [0.15, 0.2) is 23.0 Å². The number of fused-ring (bicyclic) bond motifs is 4. The van der Waals surface area contributed by atoms with Gasteiger partial charge < -0.3 is 49.7 Å². The average Bonchev–Trinajstić information content (AvgIpc) is 4.29. The molecule has 2 heterocycles. The third kappa shape index (κ3) is 9.78. The number of pyridine rings is 2. The van der Waals surface area contributed by atoms with Gasteiger partial charge in [-0.15, -0.1) is 0 Å². The molecule has 0 saturated heterocycles. The van der Waals surface area contributed by atoms with E-state index in [1.165, 1.54) is 0 Å². The first-order valence-corrected chi connectivity index (χ1v) is 23.5. The molecule has 0 unspecified atom stereocenters. The third-order valence-corrected chi connectivity index (χ3v) is 13.4. The molecule has 3 saturated carbocycles. The number of benzene rings is 6. The molecule has 70 heavy (non-hydrogen) atoms. The number of carbonyl (C=O) groups excluding carboxylic acids is 2. The van der Waals surface area contributed by atoms with Gasteiger partial charge in [-0.25, -0.2) is 0 Å². The number of nitrogens with two attached hydrogens (primary N) is 1. The second kappa shape index (κ2) is 19.0. The molecule has 0 radical (unpaired) electrons. The van der Waals surface area contributed by atoms with Crippen molar-refractivity contribution in [3.05, 3.63) is 133 Å². The zero-order valence-electron chi connectivity index (χ0n) is 40.0. The van der Waals surface area contributed by atoms with Crippen molar-refractivity contribution in [2.45, 2.75) is 55.6 Å². The molecule has 6 aromatic carbocycles. The number of methoxy groups -OCH3 is 2. The van der Waals surface area contributed by atoms with Gasteiger partial charge in [0, 0.05) is 59.5 Å². The highest BCUT2D eigenvalue weighted by Crippen LogP contribution is 2.44. The number of carbonyl (C=O) groups is 2. The summed E-state index contributed by atoms with van der Waals surface area (Å²) in [6.07, 6.45) is 9.74. The number of amides is 2. The Kier molecular flexibility index (Phi) is 12.5. The largest absolute Gasteiger partial charge is 0.493 e. The maximum atomic E-state index is 12.6. The minimum Gasteiger partial charge on any atom is -0.493 e. The predicted octanol–water partition coefficient (Wildman–Crippen LogP) is 9.97. The topological polar surface area (TPSA) is 169 Å². The van der Waals surface area contributed by atoms with Crippen LogP contribution in [0, 0.1) is 0 Å². The highest BCUT2D eigenvalue weighted by molar-refractivity contribution is 6.08. The van der Waals surface area contributed by atoms with Crippen LogP contribution in [0.3, 0.4) is 0 Å². The molecule has 3 aliphatic carbocycles. The van der Waals surface area contributed by atoms with Crippen molar-refractivity contribution in [1.82, 2.24) is 25.5 Å². The fourth-order valence-electron chi connectivity index (χ4n) is 8.51. The number of nitrogens with zero attached hydrogens (tertiary/aromatic N) is 3. The highest BCUT2D eigenvalue weighted by atomic mass is 16.5. The fourth-order valence-corrected chi connectivity index (χ4v) is 8.51. The van der Waals surface area contributed by atoms with E-state index in [1.54, 1.807) is 33.7 Å². The van der Waals surface area contributed by atoms with Crippen molar-refractivity contribution in [3.63, 3.8) is 0 Å². The van der Waals surface area contributed by atoms with Crippen molar-refractivity contribution in [1.29, 1.82) is 0 Å². The van der Waals surface area contributed by atoms with Gasteiger partial charge >= 0.3 is 0 Å². The Morgan fingerprint density at radius 1 is 0.614 bits per heavy atom. The second-order valence-corrected chi connectivity index (χ2v) is 18.6. The smallest absolute Gasteiger partial charge is 0.252 e. The van der Waals surface area contributed by atoms with E-state index in [0.717, 1.165) is 81.9 Å². The quantitative estimate of drug-likeness (QED) is 0.0840. The van der Waals surface area contributed by atoms with Gasteiger partial charge in [0.2, 0.25) is 0 Å². The molecule has 2 aromatic heterocycles. The van der Waals surface area contributed by atoms with E-state index in [4.69, 9.17) is 34.2 Å². The van der Waals surface area contributed by atoms with E-state index in [1.807, 2.05) is 109 Å². The molecule has 0 bridgehead atoms. The normalized spacial score (nSPS) is 15.2. The van der Waals surface area contributed by atoms with Gasteiger partial charge in [-0.3, -0.25) is 19.6 Å². The second-order valence-electron chi connectivity index (χ2n) is 18.6. The van der Waals surface area contributed by atoms with E-state index in [-0.39, 0.29) is 22.9 Å². The van der Waals surface area contributed by atoms with Crippen LogP contribution in [0.2, 0.25) is 0 Å². The first-order valence-electron chi connectivity index (χ1n) is 23.5. The summed E-state index contributed by atoms with van der Waals surface area (Å²) >= 11 is 0. The standard InChI is InChI=1S/C28H27N3O4.C28H29N3O4/c1-33-25-14-22-23(15-26(25)34-16-28(29)10-11-28)30-12-9-24(22)35-19-7-8-20-17(13-19)3-2-4-21(20)27(32)31-18-5-6-18;1-29-27(32)21-7-5-6-18-14-19(8-9-20(18)21)35-24-10-13-30-23-16-26(25(33-4)15-22(23)24)34-17-28(11-12-28)31(2)3/h2-4,7-9,12-15,18H,5-6,10-11,16,29H2,1H3,(H,31,32);5-10,13-16H,11-12,17H2,1-4H3,(H,29,32). The molecule has 2 amide bonds. The van der Waals surface area contributed by atoms with Crippen molar-refractivity contribution in [3.8, 4) is 46.0 Å². The van der Waals surface area contributed by atoms with Crippen molar-refractivity contribution >= 4 is 55.2 Å². The molecule has 4 N–H and O–H groups in total. The van der Waals surface area contributed by atoms with Crippen molar-refractivity contribution in [2.24, 2.45) is 5.73 Å². The summed E-state index contributed by atoms with van der Waals surface area (Å²) in [4.78, 5) is 36.1. The molecule has 0 aliphatic heterocycles. The maximum absolute atomic E-state index is 12.6. The molecule has 3 fully saturated rings. The molecule has 14 nitrogen and oxygen atoms in total. The van der Waals surface area contributed by atoms with Crippen LogP contribution in [0.15, 0.2) is 122 Å². The van der Waals surface area contributed by atoms with Gasteiger partial charge in [-0.05, 0) is 147 Å². The first kappa shape index (κ1) is 46.1. The lowest BCUT2D eigenvalue weighted by atomic mass is 10.0. The predicted molar refractivity (Wildman–Crippen MR) is 271 cm³/mol. The Morgan fingerprint density at radius 2 is 1.13 bits per heavy atom. The zero-order chi connectivity index (χ0) is 48.6. The number of hydrogen-bond acceptors (Lipinski definition) is 12. The number of likely N-dealkylation sites (N-methyl/N-ethyl adjacent to an activating group) is 1. The number of ether oxygens (including phenoxy) is 6. The molecule has 8 aromatic rings. The first-order chi connectivity index (χ1) is 33.9. The molecule has 11 rings (SSSR count). The molecular weight excluding hydrogens is 885 g/mol. The van der Waals surface area contributed by atoms with Gasteiger partial charge in [0.1, 0.15) is 36.2 Å². The summed E-state index contributed by atoms with van der Waals surface area (Å²) in [5, 5.41) is 11.0. The van der Waals surface area contributed by atoms with Crippen LogP contribution in [0.25, 0.3) is 43.4 Å². The molecule has 3 aliphatic rings. The van der Waals surface area contributed by atoms with Crippen LogP contribution < -0.4 is 44.8 Å². The number of rotatable bonds is 16. The summed E-state index contributed by atoms with van der Waals surface area (Å²) < 4.78 is 35.9. The average molecular weight is 941 g/mol. The van der Waals surface area contributed by atoms with E-state index in [0.29, 0.717) is 76.4 Å². The van der Waals surface area contributed by atoms with Gasteiger partial charge in [0.05, 0.1) is 36.3 Å². The maximum Gasteiger partial charge on any atom is 0.252 e. The summed E-state index contributed by atoms with van der Waals surface area (Å²) in [5.41, 5.74) is 8.85. The fraction of sp³-hybridized carbons (Fsp3) is 0.286. The van der Waals surface area contributed by atoms with Crippen LogP contribution in [0.4, 0.5) is 0 Å². The van der Waals surface area contributed by atoms with Gasteiger partial charge in [-0.1, -0.05) is 24.3 Å². The molecule has 358 valence electrons. The number of nitrogens with one attached hydrogen (secondary N) is 2. The summed E-state index contributed by atoms with van der Waals surface area (Å²) in [5.74, 6) is 5.03. The van der Waals surface area contributed by atoms with E-state index < -0.39 is 0 Å². The molecule has 0 atom stereocenters.